The Kier molecular flexibility index (Phi) is 6.30. The molecule has 6 nitrogen and oxygen atoms in total. The average molecular weight is 485 g/mol. The predicted molar refractivity (Wildman–Crippen MR) is 121 cm³/mol. The van der Waals surface area contributed by atoms with Gasteiger partial charge in [-0.1, -0.05) is 12.1 Å². The number of nitrogens with two attached hydrogens (primary N) is 1. The molecular formula is C24H18F3N3O3S. The van der Waals surface area contributed by atoms with Crippen molar-refractivity contribution in [1.82, 2.24) is 0 Å². The van der Waals surface area contributed by atoms with Crippen molar-refractivity contribution in [2.75, 3.05) is 5.32 Å². The van der Waals surface area contributed by atoms with E-state index in [2.05, 4.69) is 5.32 Å². The maximum atomic E-state index is 13.0. The molecule has 0 saturated heterocycles. The number of hydrogen-bond donors (Lipinski definition) is 2. The van der Waals surface area contributed by atoms with E-state index in [1.807, 2.05) is 0 Å². The van der Waals surface area contributed by atoms with Gasteiger partial charge in [-0.25, -0.2) is 0 Å². The van der Waals surface area contributed by atoms with Crippen molar-refractivity contribution in [3.8, 4) is 17.4 Å². The first-order valence-corrected chi connectivity index (χ1v) is 11.1. The van der Waals surface area contributed by atoms with Gasteiger partial charge in [-0.2, -0.15) is 18.4 Å². The van der Waals surface area contributed by atoms with E-state index in [1.54, 1.807) is 6.07 Å². The minimum absolute atomic E-state index is 0.111. The van der Waals surface area contributed by atoms with E-state index in [1.165, 1.54) is 41.7 Å². The number of hydrogen-bond acceptors (Lipinski definition) is 5. The van der Waals surface area contributed by atoms with Gasteiger partial charge in [0.25, 0.3) is 11.8 Å². The molecule has 2 amide bonds. The number of rotatable bonds is 5. The van der Waals surface area contributed by atoms with Crippen LogP contribution in [-0.4, -0.2) is 11.8 Å². The van der Waals surface area contributed by atoms with Crippen LogP contribution in [-0.2, 0) is 23.8 Å². The van der Waals surface area contributed by atoms with Crippen LogP contribution in [0, 0.1) is 11.3 Å². The van der Waals surface area contributed by atoms with Crippen molar-refractivity contribution >= 4 is 34.2 Å². The van der Waals surface area contributed by atoms with Crippen LogP contribution in [0.25, 0.3) is 17.4 Å². The number of thiophene rings is 1. The minimum atomic E-state index is -4.50. The lowest BCUT2D eigenvalue weighted by Crippen LogP contribution is -2.19. The maximum absolute atomic E-state index is 13.0. The smallest absolute Gasteiger partial charge is 0.416 e. The third kappa shape index (κ3) is 4.75. The van der Waals surface area contributed by atoms with Crippen molar-refractivity contribution in [2.45, 2.75) is 31.9 Å². The van der Waals surface area contributed by atoms with E-state index in [0.29, 0.717) is 11.4 Å². The van der Waals surface area contributed by atoms with Gasteiger partial charge in [-0.15, -0.1) is 11.3 Å². The summed E-state index contributed by atoms with van der Waals surface area (Å²) in [6, 6.07) is 9.31. The number of fused-ring (bicyclic) bond motifs is 1. The zero-order chi connectivity index (χ0) is 24.5. The number of furan rings is 1. The van der Waals surface area contributed by atoms with E-state index < -0.39 is 23.6 Å². The van der Waals surface area contributed by atoms with Crippen molar-refractivity contribution in [3.05, 3.63) is 69.3 Å². The van der Waals surface area contributed by atoms with Gasteiger partial charge in [0.1, 0.15) is 28.2 Å². The first-order valence-electron chi connectivity index (χ1n) is 10.3. The molecule has 1 aromatic carbocycles. The third-order valence-electron chi connectivity index (χ3n) is 5.40. The molecule has 4 rings (SSSR count). The predicted octanol–water partition coefficient (Wildman–Crippen LogP) is 5.55. The molecule has 174 valence electrons. The molecule has 0 unspecified atom stereocenters. The summed E-state index contributed by atoms with van der Waals surface area (Å²) in [5.41, 5.74) is 5.74. The number of nitrogens with one attached hydrogen (secondary N) is 1. The quantitative estimate of drug-likeness (QED) is 0.365. The van der Waals surface area contributed by atoms with Crippen molar-refractivity contribution in [3.63, 3.8) is 0 Å². The SMILES string of the molecule is N#C/C(=C\c1ccc(-c2cccc(C(F)(F)F)c2)o1)C(=O)Nc1sc2c(c1C(N)=O)CCCC2. The Balaban J connectivity index is 1.58. The van der Waals surface area contributed by atoms with Gasteiger partial charge < -0.3 is 15.5 Å². The number of benzene rings is 1. The van der Waals surface area contributed by atoms with E-state index in [9.17, 15) is 28.0 Å². The molecule has 3 N–H and O–H groups in total. The van der Waals surface area contributed by atoms with Gasteiger partial charge in [0.2, 0.25) is 0 Å². The fourth-order valence-corrected chi connectivity index (χ4v) is 5.10. The summed E-state index contributed by atoms with van der Waals surface area (Å²) in [5, 5.41) is 12.4. The number of aryl methyl sites for hydroxylation is 1. The van der Waals surface area contributed by atoms with E-state index in [4.69, 9.17) is 10.2 Å². The lowest BCUT2D eigenvalue weighted by molar-refractivity contribution is -0.137. The average Bonchev–Trinajstić information content (AvgIpc) is 3.41. The summed E-state index contributed by atoms with van der Waals surface area (Å²) in [4.78, 5) is 25.8. The summed E-state index contributed by atoms with van der Waals surface area (Å²) in [5.74, 6) is -1.13. The Morgan fingerprint density at radius 3 is 2.65 bits per heavy atom. The number of amides is 2. The normalized spacial score (nSPS) is 13.8. The Morgan fingerprint density at radius 1 is 1.18 bits per heavy atom. The highest BCUT2D eigenvalue weighted by atomic mass is 32.1. The van der Waals surface area contributed by atoms with Gasteiger partial charge in [0.05, 0.1) is 11.1 Å². The zero-order valence-corrected chi connectivity index (χ0v) is 18.5. The second-order valence-corrected chi connectivity index (χ2v) is 8.79. The van der Waals surface area contributed by atoms with Crippen LogP contribution in [0.3, 0.4) is 0 Å². The molecule has 0 radical (unpaired) electrons. The molecule has 0 fully saturated rings. The second kappa shape index (κ2) is 9.19. The van der Waals surface area contributed by atoms with Crippen molar-refractivity contribution < 1.29 is 27.2 Å². The molecule has 3 aromatic rings. The largest absolute Gasteiger partial charge is 0.457 e. The van der Waals surface area contributed by atoms with E-state index in [0.717, 1.165) is 41.8 Å². The van der Waals surface area contributed by atoms with Crippen LogP contribution in [0.1, 0.15) is 45.0 Å². The molecule has 34 heavy (non-hydrogen) atoms. The maximum Gasteiger partial charge on any atom is 0.416 e. The fourth-order valence-electron chi connectivity index (χ4n) is 3.81. The highest BCUT2D eigenvalue weighted by Crippen LogP contribution is 2.38. The fraction of sp³-hybridized carbons (Fsp3) is 0.208. The van der Waals surface area contributed by atoms with Crippen LogP contribution < -0.4 is 11.1 Å². The van der Waals surface area contributed by atoms with Gasteiger partial charge in [-0.3, -0.25) is 9.59 Å². The van der Waals surface area contributed by atoms with Crippen molar-refractivity contribution in [2.24, 2.45) is 5.73 Å². The van der Waals surface area contributed by atoms with Gasteiger partial charge >= 0.3 is 6.18 Å². The number of carbonyl (C=O) groups is 2. The molecule has 1 aliphatic rings. The zero-order valence-electron chi connectivity index (χ0n) is 17.7. The highest BCUT2D eigenvalue weighted by molar-refractivity contribution is 7.17. The standard InChI is InChI=1S/C24H18F3N3O3S/c25-24(26,27)15-5-3-4-13(10-15)18-9-8-16(33-18)11-14(12-28)22(32)30-23-20(21(29)31)17-6-1-2-7-19(17)34-23/h3-5,8-11H,1-2,6-7H2,(H2,29,31)(H,30,32)/b14-11+. The molecule has 0 saturated carbocycles. The van der Waals surface area contributed by atoms with Gasteiger partial charge in [-0.05, 0) is 55.5 Å². The van der Waals surface area contributed by atoms with Crippen LogP contribution in [0.5, 0.6) is 0 Å². The van der Waals surface area contributed by atoms with E-state index in [-0.39, 0.29) is 28.2 Å². The number of nitrogens with zero attached hydrogens (tertiary/aromatic N) is 1. The number of halogens is 3. The van der Waals surface area contributed by atoms with E-state index >= 15 is 0 Å². The molecule has 2 heterocycles. The van der Waals surface area contributed by atoms with Crippen LogP contribution in [0.15, 0.2) is 46.4 Å². The Bertz CT molecular complexity index is 1350. The summed E-state index contributed by atoms with van der Waals surface area (Å²) >= 11 is 1.27. The second-order valence-electron chi connectivity index (χ2n) is 7.68. The first kappa shape index (κ1) is 23.3. The highest BCUT2D eigenvalue weighted by Gasteiger charge is 2.30. The molecule has 10 heteroatoms. The Labute approximate surface area is 196 Å². The lowest BCUT2D eigenvalue weighted by Gasteiger charge is -2.11. The first-order chi connectivity index (χ1) is 16.2. The summed E-state index contributed by atoms with van der Waals surface area (Å²) in [7, 11) is 0. The summed E-state index contributed by atoms with van der Waals surface area (Å²) < 4.78 is 44.5. The minimum Gasteiger partial charge on any atom is -0.457 e. The van der Waals surface area contributed by atoms with Gasteiger partial charge in [0.15, 0.2) is 0 Å². The number of anilines is 1. The summed E-state index contributed by atoms with van der Waals surface area (Å²) in [6.07, 6.45) is 0.0854. The number of primary amides is 1. The molecule has 0 aliphatic heterocycles. The summed E-state index contributed by atoms with van der Waals surface area (Å²) in [6.45, 7) is 0. The van der Waals surface area contributed by atoms with Crippen LogP contribution in [0.2, 0.25) is 0 Å². The topological polar surface area (TPSA) is 109 Å². The number of nitriles is 1. The Hall–Kier alpha value is -3.84. The molecule has 2 aromatic heterocycles. The van der Waals surface area contributed by atoms with Crippen LogP contribution in [0.4, 0.5) is 18.2 Å². The molecule has 0 bridgehead atoms. The monoisotopic (exact) mass is 485 g/mol. The number of carbonyl (C=O) groups excluding carboxylic acids is 2. The molecule has 0 atom stereocenters. The molecule has 1 aliphatic carbocycles. The van der Waals surface area contributed by atoms with Gasteiger partial charge in [0, 0.05) is 16.5 Å². The lowest BCUT2D eigenvalue weighted by atomic mass is 9.95. The van der Waals surface area contributed by atoms with Crippen LogP contribution >= 0.6 is 11.3 Å². The molecular weight excluding hydrogens is 467 g/mol. The number of alkyl halides is 3. The van der Waals surface area contributed by atoms with Crippen molar-refractivity contribution in [1.29, 1.82) is 5.26 Å². The third-order valence-corrected chi connectivity index (χ3v) is 6.60. The Morgan fingerprint density at radius 2 is 1.94 bits per heavy atom. The molecule has 0 spiro atoms.